The summed E-state index contributed by atoms with van der Waals surface area (Å²) < 4.78 is 0.877. The molecule has 0 bridgehead atoms. The monoisotopic (exact) mass is 487 g/mol. The highest BCUT2D eigenvalue weighted by atomic mass is 79.9. The molecule has 4 nitrogen and oxygen atoms in total. The molecule has 2 aliphatic rings. The summed E-state index contributed by atoms with van der Waals surface area (Å²) in [5, 5.41) is 10.8. The Kier molecular flexibility index (Phi) is 5.44. The molecule has 0 saturated carbocycles. The van der Waals surface area contributed by atoms with Crippen molar-refractivity contribution in [2.24, 2.45) is 5.73 Å². The maximum Gasteiger partial charge on any atom is 0.161 e. The zero-order valence-corrected chi connectivity index (χ0v) is 18.4. The number of ketones is 1. The number of nitriles is 1. The Balaban J connectivity index is 2.03. The van der Waals surface area contributed by atoms with Crippen LogP contribution in [0.2, 0.25) is 10.0 Å². The molecule has 0 unspecified atom stereocenters. The molecule has 2 N–H and O–H groups in total. The lowest BCUT2D eigenvalue weighted by Crippen LogP contribution is -2.38. The van der Waals surface area contributed by atoms with Crippen LogP contribution in [0.5, 0.6) is 0 Å². The van der Waals surface area contributed by atoms with Gasteiger partial charge in [-0.15, -0.1) is 0 Å². The van der Waals surface area contributed by atoms with Crippen molar-refractivity contribution in [2.45, 2.75) is 25.2 Å². The Labute approximate surface area is 187 Å². The number of nitrogens with zero attached hydrogens (tertiary/aromatic N) is 2. The molecule has 7 heteroatoms. The Hall–Kier alpha value is -2.26. The number of hydrogen-bond acceptors (Lipinski definition) is 4. The predicted octanol–water partition coefficient (Wildman–Crippen LogP) is 6.06. The maximum absolute atomic E-state index is 13.1. The minimum Gasteiger partial charge on any atom is -0.384 e. The quantitative estimate of drug-likeness (QED) is 0.557. The largest absolute Gasteiger partial charge is 0.384 e. The van der Waals surface area contributed by atoms with Gasteiger partial charge in [-0.1, -0.05) is 51.3 Å². The van der Waals surface area contributed by atoms with Crippen molar-refractivity contribution in [1.29, 1.82) is 5.26 Å². The molecule has 0 fully saturated rings. The van der Waals surface area contributed by atoms with E-state index < -0.39 is 5.92 Å². The van der Waals surface area contributed by atoms with E-state index in [2.05, 4.69) is 22.0 Å². The van der Waals surface area contributed by atoms with Crippen LogP contribution in [-0.4, -0.2) is 5.78 Å². The Bertz CT molecular complexity index is 1110. The first-order valence-electron chi connectivity index (χ1n) is 9.09. The van der Waals surface area contributed by atoms with E-state index in [0.29, 0.717) is 39.8 Å². The van der Waals surface area contributed by atoms with Crippen LogP contribution in [0.4, 0.5) is 5.69 Å². The van der Waals surface area contributed by atoms with E-state index in [-0.39, 0.29) is 11.4 Å². The summed E-state index contributed by atoms with van der Waals surface area (Å²) in [4.78, 5) is 14.9. The van der Waals surface area contributed by atoms with Crippen LogP contribution in [-0.2, 0) is 4.79 Å². The number of Topliss-reactive ketones (excluding diaryl/α,β-unsaturated/α-hetero) is 1. The number of nitrogens with two attached hydrogens (primary N) is 1. The SMILES string of the molecule is N#CC1=C(N)N(c2cccc(Br)c2)C2=C(C(=O)CCC2)[C@@H]1c1c(Cl)cccc1Cl. The zero-order chi connectivity index (χ0) is 20.7. The van der Waals surface area contributed by atoms with Gasteiger partial charge in [-0.25, -0.2) is 0 Å². The van der Waals surface area contributed by atoms with Gasteiger partial charge >= 0.3 is 0 Å². The number of rotatable bonds is 2. The third-order valence-electron chi connectivity index (χ3n) is 5.27. The molecule has 0 radical (unpaired) electrons. The molecule has 29 heavy (non-hydrogen) atoms. The molecule has 0 aromatic heterocycles. The first kappa shape index (κ1) is 20.0. The summed E-state index contributed by atoms with van der Waals surface area (Å²) in [7, 11) is 0. The molecule has 0 amide bonds. The van der Waals surface area contributed by atoms with Crippen molar-refractivity contribution in [3.8, 4) is 6.07 Å². The third-order valence-corrected chi connectivity index (χ3v) is 6.42. The van der Waals surface area contributed by atoms with E-state index in [0.717, 1.165) is 22.3 Å². The number of hydrogen-bond donors (Lipinski definition) is 1. The van der Waals surface area contributed by atoms with Gasteiger partial charge in [0, 0.05) is 43.5 Å². The fraction of sp³-hybridized carbons (Fsp3) is 0.182. The summed E-state index contributed by atoms with van der Waals surface area (Å²) >= 11 is 16.4. The maximum atomic E-state index is 13.1. The van der Waals surface area contributed by atoms with E-state index >= 15 is 0 Å². The van der Waals surface area contributed by atoms with E-state index in [1.54, 1.807) is 18.2 Å². The lowest BCUT2D eigenvalue weighted by Gasteiger charge is -2.40. The molecular weight excluding hydrogens is 473 g/mol. The van der Waals surface area contributed by atoms with Gasteiger partial charge in [-0.2, -0.15) is 5.26 Å². The van der Waals surface area contributed by atoms with Crippen LogP contribution in [0.1, 0.15) is 30.7 Å². The van der Waals surface area contributed by atoms with Gasteiger partial charge in [-0.3, -0.25) is 9.69 Å². The summed E-state index contributed by atoms with van der Waals surface area (Å²) in [5.74, 6) is -0.389. The van der Waals surface area contributed by atoms with Crippen LogP contribution >= 0.6 is 39.1 Å². The van der Waals surface area contributed by atoms with Crippen LogP contribution in [0.15, 0.2) is 69.6 Å². The van der Waals surface area contributed by atoms with Crippen LogP contribution in [0.25, 0.3) is 0 Å². The second-order valence-electron chi connectivity index (χ2n) is 6.93. The van der Waals surface area contributed by atoms with Crippen molar-refractivity contribution in [3.05, 3.63) is 85.2 Å². The molecular formula is C22H16BrCl2N3O. The van der Waals surface area contributed by atoms with Gasteiger partial charge in [0.2, 0.25) is 0 Å². The lowest BCUT2D eigenvalue weighted by molar-refractivity contribution is -0.116. The minimum absolute atomic E-state index is 0.00696. The van der Waals surface area contributed by atoms with Gasteiger partial charge in [-0.05, 0) is 43.2 Å². The van der Waals surface area contributed by atoms with Gasteiger partial charge in [0.25, 0.3) is 0 Å². The average Bonchev–Trinajstić information content (AvgIpc) is 2.68. The number of benzene rings is 2. The molecule has 146 valence electrons. The Morgan fingerprint density at radius 3 is 2.48 bits per heavy atom. The third kappa shape index (κ3) is 3.36. The van der Waals surface area contributed by atoms with Crippen LogP contribution in [0.3, 0.4) is 0 Å². The smallest absolute Gasteiger partial charge is 0.161 e. The molecule has 0 saturated heterocycles. The number of anilines is 1. The molecule has 1 heterocycles. The van der Waals surface area contributed by atoms with Crippen LogP contribution < -0.4 is 10.6 Å². The standard InChI is InChI=1S/C22H16BrCl2N3O/c23-12-4-1-5-13(10-12)28-17-8-3-9-18(29)21(17)19(14(11-26)22(28)27)20-15(24)6-2-7-16(20)25/h1-2,4-7,10,19H,3,8-9,27H2/t19-/m0/s1. The molecule has 0 spiro atoms. The topological polar surface area (TPSA) is 70.1 Å². The second kappa shape index (κ2) is 7.87. The van der Waals surface area contributed by atoms with Crippen molar-refractivity contribution in [3.63, 3.8) is 0 Å². The van der Waals surface area contributed by atoms with Gasteiger partial charge in [0.1, 0.15) is 5.82 Å². The fourth-order valence-electron chi connectivity index (χ4n) is 4.07. The van der Waals surface area contributed by atoms with E-state index in [9.17, 15) is 10.1 Å². The summed E-state index contributed by atoms with van der Waals surface area (Å²) in [6.07, 6.45) is 1.81. The average molecular weight is 489 g/mol. The molecule has 2 aromatic carbocycles. The zero-order valence-electron chi connectivity index (χ0n) is 15.3. The number of carbonyl (C=O) groups is 1. The molecule has 4 rings (SSSR count). The summed E-state index contributed by atoms with van der Waals surface area (Å²) in [6, 6.07) is 15.0. The number of allylic oxidation sites excluding steroid dienone is 3. The summed E-state index contributed by atoms with van der Waals surface area (Å²) in [6.45, 7) is 0. The van der Waals surface area contributed by atoms with Gasteiger partial charge in [0.15, 0.2) is 5.78 Å². The van der Waals surface area contributed by atoms with E-state index in [4.69, 9.17) is 28.9 Å². The van der Waals surface area contributed by atoms with Crippen molar-refractivity contribution < 1.29 is 4.79 Å². The minimum atomic E-state index is -0.674. The van der Waals surface area contributed by atoms with Crippen molar-refractivity contribution in [1.82, 2.24) is 0 Å². The highest BCUT2D eigenvalue weighted by molar-refractivity contribution is 9.10. The molecule has 1 atom stereocenters. The summed E-state index contributed by atoms with van der Waals surface area (Å²) in [5.41, 5.74) is 9.50. The fourth-order valence-corrected chi connectivity index (χ4v) is 5.07. The first-order valence-corrected chi connectivity index (χ1v) is 10.6. The lowest BCUT2D eigenvalue weighted by atomic mass is 9.75. The highest BCUT2D eigenvalue weighted by Crippen LogP contribution is 2.49. The molecule has 1 aliphatic heterocycles. The highest BCUT2D eigenvalue weighted by Gasteiger charge is 2.41. The Morgan fingerprint density at radius 1 is 1.14 bits per heavy atom. The number of carbonyl (C=O) groups excluding carboxylic acids is 1. The second-order valence-corrected chi connectivity index (χ2v) is 8.66. The van der Waals surface area contributed by atoms with Crippen molar-refractivity contribution >= 4 is 50.6 Å². The van der Waals surface area contributed by atoms with E-state index in [1.807, 2.05) is 29.2 Å². The first-order chi connectivity index (χ1) is 13.9. The Morgan fingerprint density at radius 2 is 1.83 bits per heavy atom. The predicted molar refractivity (Wildman–Crippen MR) is 119 cm³/mol. The normalized spacial score (nSPS) is 19.3. The van der Waals surface area contributed by atoms with Crippen LogP contribution in [0, 0.1) is 11.3 Å². The van der Waals surface area contributed by atoms with Gasteiger partial charge < -0.3 is 5.73 Å². The van der Waals surface area contributed by atoms with Crippen molar-refractivity contribution in [2.75, 3.05) is 4.90 Å². The van der Waals surface area contributed by atoms with E-state index in [1.165, 1.54) is 0 Å². The molecule has 2 aromatic rings. The number of halogens is 3. The van der Waals surface area contributed by atoms with Gasteiger partial charge in [0.05, 0.1) is 17.6 Å². The molecule has 1 aliphatic carbocycles.